The van der Waals surface area contributed by atoms with Crippen molar-refractivity contribution in [2.75, 3.05) is 0 Å². The standard InChI is InChI=1S/C8H12N2S/c9-8(4-5-8)3-1-7-2-6-10-11-7/h2,6H,1,3-5,9H2. The molecule has 1 aromatic rings. The molecule has 2 nitrogen and oxygen atoms in total. The summed E-state index contributed by atoms with van der Waals surface area (Å²) in [5, 5.41) is 0. The molecule has 0 spiro atoms. The number of hydrogen-bond donors (Lipinski definition) is 1. The molecule has 3 heteroatoms. The summed E-state index contributed by atoms with van der Waals surface area (Å²) in [6.45, 7) is 0. The Bertz CT molecular complexity index is 226. The van der Waals surface area contributed by atoms with Crippen molar-refractivity contribution in [1.82, 2.24) is 4.37 Å². The first-order chi connectivity index (χ1) is 5.29. The zero-order valence-electron chi connectivity index (χ0n) is 6.42. The molecule has 1 saturated carbocycles. The van der Waals surface area contributed by atoms with Crippen LogP contribution in [0.3, 0.4) is 0 Å². The molecule has 1 aliphatic carbocycles. The lowest BCUT2D eigenvalue weighted by Crippen LogP contribution is -2.21. The van der Waals surface area contributed by atoms with Crippen molar-refractivity contribution in [3.63, 3.8) is 0 Å². The Hall–Kier alpha value is -0.410. The minimum Gasteiger partial charge on any atom is -0.325 e. The second kappa shape index (κ2) is 2.57. The summed E-state index contributed by atoms with van der Waals surface area (Å²) in [6, 6.07) is 2.08. The SMILES string of the molecule is NC1(CCc2ccns2)CC1. The summed E-state index contributed by atoms with van der Waals surface area (Å²) in [7, 11) is 0. The van der Waals surface area contributed by atoms with Crippen LogP contribution in [0.2, 0.25) is 0 Å². The van der Waals surface area contributed by atoms with Gasteiger partial charge in [0, 0.05) is 16.6 Å². The monoisotopic (exact) mass is 168 g/mol. The van der Waals surface area contributed by atoms with Gasteiger partial charge in [0.25, 0.3) is 0 Å². The van der Waals surface area contributed by atoms with E-state index in [-0.39, 0.29) is 5.54 Å². The molecule has 0 amide bonds. The molecule has 0 bridgehead atoms. The minimum absolute atomic E-state index is 0.198. The van der Waals surface area contributed by atoms with Crippen LogP contribution in [-0.4, -0.2) is 9.91 Å². The molecule has 0 aliphatic heterocycles. The van der Waals surface area contributed by atoms with Crippen LogP contribution in [0.1, 0.15) is 24.1 Å². The Balaban J connectivity index is 1.83. The van der Waals surface area contributed by atoms with Gasteiger partial charge in [-0.3, -0.25) is 0 Å². The quantitative estimate of drug-likeness (QED) is 0.744. The van der Waals surface area contributed by atoms with Crippen molar-refractivity contribution in [2.24, 2.45) is 5.73 Å². The van der Waals surface area contributed by atoms with Crippen LogP contribution in [0, 0.1) is 0 Å². The highest BCUT2D eigenvalue weighted by Gasteiger charge is 2.37. The van der Waals surface area contributed by atoms with Crippen molar-refractivity contribution >= 4 is 11.5 Å². The molecule has 60 valence electrons. The average Bonchev–Trinajstić information content (AvgIpc) is 2.53. The third-order valence-corrected chi connectivity index (χ3v) is 3.05. The molecule has 0 atom stereocenters. The maximum Gasteiger partial charge on any atom is 0.0409 e. The van der Waals surface area contributed by atoms with Crippen LogP contribution in [0.4, 0.5) is 0 Å². The van der Waals surface area contributed by atoms with E-state index in [9.17, 15) is 0 Å². The second-order valence-electron chi connectivity index (χ2n) is 3.34. The van der Waals surface area contributed by atoms with Crippen LogP contribution < -0.4 is 5.73 Å². The predicted molar refractivity (Wildman–Crippen MR) is 46.6 cm³/mol. The molecule has 2 N–H and O–H groups in total. The van der Waals surface area contributed by atoms with Gasteiger partial charge in [0.2, 0.25) is 0 Å². The van der Waals surface area contributed by atoms with Crippen molar-refractivity contribution < 1.29 is 0 Å². The molecule has 0 unspecified atom stereocenters. The minimum atomic E-state index is 0.198. The summed E-state index contributed by atoms with van der Waals surface area (Å²) in [4.78, 5) is 1.36. The van der Waals surface area contributed by atoms with Crippen LogP contribution in [0.5, 0.6) is 0 Å². The molecular formula is C8H12N2S. The first-order valence-corrected chi connectivity index (χ1v) is 4.74. The predicted octanol–water partition coefficient (Wildman–Crippen LogP) is 1.57. The summed E-state index contributed by atoms with van der Waals surface area (Å²) in [6.07, 6.45) is 6.53. The van der Waals surface area contributed by atoms with Gasteiger partial charge in [-0.05, 0) is 43.3 Å². The molecule has 11 heavy (non-hydrogen) atoms. The number of nitrogens with two attached hydrogens (primary N) is 1. The molecule has 0 radical (unpaired) electrons. The van der Waals surface area contributed by atoms with E-state index in [0.717, 1.165) is 12.8 Å². The fraction of sp³-hybridized carbons (Fsp3) is 0.625. The van der Waals surface area contributed by atoms with Crippen LogP contribution in [0.25, 0.3) is 0 Å². The van der Waals surface area contributed by atoms with E-state index in [2.05, 4.69) is 10.4 Å². The Morgan fingerprint density at radius 2 is 2.45 bits per heavy atom. The third-order valence-electron chi connectivity index (χ3n) is 2.25. The average molecular weight is 168 g/mol. The molecule has 0 saturated heterocycles. The van der Waals surface area contributed by atoms with E-state index in [0.29, 0.717) is 0 Å². The first kappa shape index (κ1) is 7.25. The number of aromatic nitrogens is 1. The van der Waals surface area contributed by atoms with Gasteiger partial charge >= 0.3 is 0 Å². The Morgan fingerprint density at radius 1 is 1.64 bits per heavy atom. The first-order valence-electron chi connectivity index (χ1n) is 3.97. The fourth-order valence-electron chi connectivity index (χ4n) is 1.15. The lowest BCUT2D eigenvalue weighted by molar-refractivity contribution is 0.612. The van der Waals surface area contributed by atoms with Gasteiger partial charge in [0.05, 0.1) is 0 Å². The zero-order valence-corrected chi connectivity index (χ0v) is 7.23. The van der Waals surface area contributed by atoms with Gasteiger partial charge in [-0.1, -0.05) is 0 Å². The van der Waals surface area contributed by atoms with Gasteiger partial charge in [-0.15, -0.1) is 0 Å². The third kappa shape index (κ3) is 1.79. The highest BCUT2D eigenvalue weighted by molar-refractivity contribution is 7.05. The summed E-state index contributed by atoms with van der Waals surface area (Å²) in [5.41, 5.74) is 6.15. The summed E-state index contributed by atoms with van der Waals surface area (Å²) in [5.74, 6) is 0. The number of hydrogen-bond acceptors (Lipinski definition) is 3. The molecule has 1 heterocycles. The Kier molecular flexibility index (Phi) is 1.69. The highest BCUT2D eigenvalue weighted by atomic mass is 32.1. The topological polar surface area (TPSA) is 38.9 Å². The van der Waals surface area contributed by atoms with E-state index in [1.165, 1.54) is 17.7 Å². The molecule has 1 aliphatic rings. The Labute approximate surface area is 70.6 Å². The highest BCUT2D eigenvalue weighted by Crippen LogP contribution is 2.36. The normalized spacial score (nSPS) is 20.1. The number of aryl methyl sites for hydroxylation is 1. The lowest BCUT2D eigenvalue weighted by Gasteiger charge is -2.04. The summed E-state index contributed by atoms with van der Waals surface area (Å²) < 4.78 is 4.04. The van der Waals surface area contributed by atoms with E-state index in [1.807, 2.05) is 6.20 Å². The van der Waals surface area contributed by atoms with Crippen molar-refractivity contribution in [1.29, 1.82) is 0 Å². The number of nitrogens with zero attached hydrogens (tertiary/aromatic N) is 1. The maximum atomic E-state index is 5.95. The molecular weight excluding hydrogens is 156 g/mol. The number of rotatable bonds is 3. The summed E-state index contributed by atoms with van der Waals surface area (Å²) >= 11 is 1.59. The van der Waals surface area contributed by atoms with Crippen LogP contribution in [0.15, 0.2) is 12.3 Å². The van der Waals surface area contributed by atoms with E-state index in [1.54, 1.807) is 11.5 Å². The van der Waals surface area contributed by atoms with Gasteiger partial charge in [0.15, 0.2) is 0 Å². The van der Waals surface area contributed by atoms with Crippen molar-refractivity contribution in [2.45, 2.75) is 31.2 Å². The van der Waals surface area contributed by atoms with Gasteiger partial charge in [0.1, 0.15) is 0 Å². The fourth-order valence-corrected chi connectivity index (χ4v) is 1.73. The van der Waals surface area contributed by atoms with Crippen molar-refractivity contribution in [3.05, 3.63) is 17.1 Å². The lowest BCUT2D eigenvalue weighted by atomic mass is 10.1. The second-order valence-corrected chi connectivity index (χ2v) is 4.26. The Morgan fingerprint density at radius 3 is 3.00 bits per heavy atom. The molecule has 1 aromatic heterocycles. The van der Waals surface area contributed by atoms with Crippen LogP contribution in [-0.2, 0) is 6.42 Å². The van der Waals surface area contributed by atoms with E-state index >= 15 is 0 Å². The van der Waals surface area contributed by atoms with Gasteiger partial charge < -0.3 is 5.73 Å². The maximum absolute atomic E-state index is 5.95. The largest absolute Gasteiger partial charge is 0.325 e. The van der Waals surface area contributed by atoms with Crippen molar-refractivity contribution in [3.8, 4) is 0 Å². The van der Waals surface area contributed by atoms with Gasteiger partial charge in [-0.2, -0.15) is 0 Å². The van der Waals surface area contributed by atoms with Crippen LogP contribution >= 0.6 is 11.5 Å². The van der Waals surface area contributed by atoms with E-state index in [4.69, 9.17) is 5.73 Å². The van der Waals surface area contributed by atoms with E-state index < -0.39 is 0 Å². The molecule has 2 rings (SSSR count). The molecule has 0 aromatic carbocycles. The molecule has 1 fully saturated rings. The van der Waals surface area contributed by atoms with Gasteiger partial charge in [-0.25, -0.2) is 4.37 Å². The smallest absolute Gasteiger partial charge is 0.0409 e. The zero-order chi connectivity index (χ0) is 7.73.